The third-order valence-electron chi connectivity index (χ3n) is 3.88. The molecule has 8 heteroatoms. The minimum atomic E-state index is -2.79. The number of hydrogen-bond acceptors (Lipinski definition) is 5. The predicted octanol–water partition coefficient (Wildman–Crippen LogP) is 4.33. The zero-order valence-electron chi connectivity index (χ0n) is 13.9. The molecule has 2 aromatic heterocycles. The topological polar surface area (TPSA) is 70.2 Å². The van der Waals surface area contributed by atoms with Crippen molar-refractivity contribution >= 4 is 34.2 Å². The van der Waals surface area contributed by atoms with E-state index >= 15 is 0 Å². The minimum absolute atomic E-state index is 0.0326. The number of rotatable bonds is 5. The fourth-order valence-electron chi connectivity index (χ4n) is 2.70. The number of oxazole rings is 1. The Balaban J connectivity index is 1.47. The van der Waals surface area contributed by atoms with Crippen LogP contribution in [0.4, 0.5) is 8.78 Å². The average molecular weight is 369 g/mol. The lowest BCUT2D eigenvalue weighted by molar-refractivity contribution is -0.139. The van der Waals surface area contributed by atoms with Crippen LogP contribution in [0.3, 0.4) is 0 Å². The van der Waals surface area contributed by atoms with Crippen LogP contribution in [-0.4, -0.2) is 20.5 Å². The number of carbonyl (C=O) groups is 1. The Morgan fingerprint density at radius 1 is 1.11 bits per heavy atom. The van der Waals surface area contributed by atoms with E-state index in [-0.39, 0.29) is 23.8 Å². The molecule has 0 atom stereocenters. The molecule has 0 spiro atoms. The van der Waals surface area contributed by atoms with Gasteiger partial charge in [0.2, 0.25) is 5.89 Å². The number of halogens is 2. The monoisotopic (exact) mass is 369 g/mol. The third kappa shape index (κ3) is 3.41. The lowest BCUT2D eigenvalue weighted by Crippen LogP contribution is -2.09. The summed E-state index contributed by atoms with van der Waals surface area (Å²) in [4.78, 5) is 20.2. The summed E-state index contributed by atoms with van der Waals surface area (Å²) in [6.45, 7) is -3.17. The maximum Gasteiger partial charge on any atom is 0.331 e. The predicted molar refractivity (Wildman–Crippen MR) is 93.8 cm³/mol. The van der Waals surface area contributed by atoms with Gasteiger partial charge in [-0.3, -0.25) is 4.57 Å². The highest BCUT2D eigenvalue weighted by Gasteiger charge is 2.18. The smallest absolute Gasteiger partial charge is 0.331 e. The van der Waals surface area contributed by atoms with Gasteiger partial charge in [-0.2, -0.15) is 8.78 Å². The number of benzene rings is 2. The Morgan fingerprint density at radius 2 is 1.85 bits per heavy atom. The molecule has 2 heterocycles. The summed E-state index contributed by atoms with van der Waals surface area (Å²) in [6, 6.07) is 13.7. The minimum Gasteiger partial charge on any atom is -0.454 e. The summed E-state index contributed by atoms with van der Waals surface area (Å²) < 4.78 is 37.9. The Bertz CT molecular complexity index is 1110. The zero-order chi connectivity index (χ0) is 18.8. The number of carbonyl (C=O) groups excluding carboxylic acids is 1. The quantitative estimate of drug-likeness (QED) is 0.387. The Labute approximate surface area is 151 Å². The molecule has 27 heavy (non-hydrogen) atoms. The van der Waals surface area contributed by atoms with Crippen LogP contribution < -0.4 is 0 Å². The molecule has 0 amide bonds. The summed E-state index contributed by atoms with van der Waals surface area (Å²) in [7, 11) is 0. The molecule has 0 fully saturated rings. The van der Waals surface area contributed by atoms with Crippen molar-refractivity contribution in [1.82, 2.24) is 14.5 Å². The van der Waals surface area contributed by atoms with Crippen LogP contribution in [0, 0.1) is 0 Å². The van der Waals surface area contributed by atoms with Crippen molar-refractivity contribution in [1.29, 1.82) is 0 Å². The van der Waals surface area contributed by atoms with E-state index in [1.165, 1.54) is 12.1 Å². The maximum atomic E-state index is 13.3. The zero-order valence-corrected chi connectivity index (χ0v) is 13.9. The van der Waals surface area contributed by atoms with Gasteiger partial charge < -0.3 is 9.15 Å². The first-order valence-electron chi connectivity index (χ1n) is 8.06. The van der Waals surface area contributed by atoms with E-state index in [0.29, 0.717) is 16.6 Å². The second-order valence-corrected chi connectivity index (χ2v) is 5.63. The van der Waals surface area contributed by atoms with Crippen LogP contribution in [0.5, 0.6) is 0 Å². The largest absolute Gasteiger partial charge is 0.454 e. The maximum absolute atomic E-state index is 13.3. The van der Waals surface area contributed by atoms with Gasteiger partial charge in [0.15, 0.2) is 11.4 Å². The third-order valence-corrected chi connectivity index (χ3v) is 3.88. The van der Waals surface area contributed by atoms with Crippen molar-refractivity contribution < 1.29 is 22.7 Å². The fraction of sp³-hybridized carbons (Fsp3) is 0.105. The van der Waals surface area contributed by atoms with Gasteiger partial charge >= 0.3 is 12.5 Å². The highest BCUT2D eigenvalue weighted by Crippen LogP contribution is 2.23. The number of hydrogen-bond donors (Lipinski definition) is 0. The summed E-state index contributed by atoms with van der Waals surface area (Å²) in [6.07, 6.45) is 2.48. The van der Waals surface area contributed by atoms with Crippen molar-refractivity contribution in [2.45, 2.75) is 13.2 Å². The summed E-state index contributed by atoms with van der Waals surface area (Å²) >= 11 is 0. The van der Waals surface area contributed by atoms with Crippen LogP contribution in [0.2, 0.25) is 0 Å². The molecular formula is C19H13F2N3O3. The fourth-order valence-corrected chi connectivity index (χ4v) is 2.70. The molecule has 136 valence electrons. The Kier molecular flexibility index (Phi) is 4.37. The molecule has 2 aromatic carbocycles. The molecule has 0 unspecified atom stereocenters. The van der Waals surface area contributed by atoms with E-state index in [2.05, 4.69) is 9.97 Å². The summed E-state index contributed by atoms with van der Waals surface area (Å²) in [5, 5.41) is 0. The van der Waals surface area contributed by atoms with Gasteiger partial charge in [0.25, 0.3) is 0 Å². The molecule has 0 saturated carbocycles. The molecule has 4 aromatic rings. The Morgan fingerprint density at radius 3 is 2.63 bits per heavy atom. The van der Waals surface area contributed by atoms with Crippen LogP contribution >= 0.6 is 0 Å². The average Bonchev–Trinajstić information content (AvgIpc) is 3.25. The highest BCUT2D eigenvalue weighted by atomic mass is 19.3. The number of alkyl halides is 2. The van der Waals surface area contributed by atoms with Gasteiger partial charge in [0.1, 0.15) is 12.1 Å². The molecule has 0 saturated heterocycles. The normalized spacial score (nSPS) is 11.8. The molecule has 0 aliphatic heterocycles. The number of imidazole rings is 1. The standard InChI is InChI=1S/C19H13F2N3O3/c20-19(21)24-14-7-3-1-5-12(14)22-16(24)11-26-18(25)10-9-17-23-13-6-2-4-8-15(13)27-17/h1-10,19H,11H2/b10-9+. The number of nitrogens with zero attached hydrogens (tertiary/aromatic N) is 3. The first kappa shape index (κ1) is 16.9. The lowest BCUT2D eigenvalue weighted by Gasteiger charge is -2.07. The SMILES string of the molecule is O=C(/C=C/c1nc2ccccc2o1)OCc1nc2ccccc2n1C(F)F. The number of para-hydroxylation sites is 4. The molecule has 0 bridgehead atoms. The van der Waals surface area contributed by atoms with E-state index in [4.69, 9.17) is 9.15 Å². The van der Waals surface area contributed by atoms with Gasteiger partial charge in [-0.15, -0.1) is 0 Å². The van der Waals surface area contributed by atoms with Crippen molar-refractivity contribution in [3.05, 3.63) is 66.3 Å². The molecule has 0 aliphatic rings. The molecule has 4 rings (SSSR count). The van der Waals surface area contributed by atoms with E-state index < -0.39 is 12.5 Å². The van der Waals surface area contributed by atoms with E-state index in [0.717, 1.165) is 10.6 Å². The van der Waals surface area contributed by atoms with Crippen LogP contribution in [-0.2, 0) is 16.1 Å². The first-order chi connectivity index (χ1) is 13.1. The molecule has 6 nitrogen and oxygen atoms in total. The second-order valence-electron chi connectivity index (χ2n) is 5.63. The van der Waals surface area contributed by atoms with Crippen LogP contribution in [0.1, 0.15) is 18.3 Å². The lowest BCUT2D eigenvalue weighted by atomic mass is 10.3. The van der Waals surface area contributed by atoms with Crippen molar-refractivity contribution in [2.24, 2.45) is 0 Å². The van der Waals surface area contributed by atoms with Crippen LogP contribution in [0.15, 0.2) is 59.0 Å². The van der Waals surface area contributed by atoms with Crippen molar-refractivity contribution in [2.75, 3.05) is 0 Å². The van der Waals surface area contributed by atoms with Gasteiger partial charge in [-0.1, -0.05) is 24.3 Å². The summed E-state index contributed by atoms with van der Waals surface area (Å²) in [5.74, 6) is -0.507. The molecule has 0 aliphatic carbocycles. The second kappa shape index (κ2) is 6.99. The van der Waals surface area contributed by atoms with Crippen LogP contribution in [0.25, 0.3) is 28.2 Å². The van der Waals surface area contributed by atoms with Gasteiger partial charge in [0.05, 0.1) is 11.0 Å². The van der Waals surface area contributed by atoms with Gasteiger partial charge in [-0.25, -0.2) is 14.8 Å². The van der Waals surface area contributed by atoms with E-state index in [1.807, 2.05) is 12.1 Å². The number of esters is 1. The van der Waals surface area contributed by atoms with E-state index in [9.17, 15) is 13.6 Å². The molecule has 0 N–H and O–H groups in total. The number of ether oxygens (including phenoxy) is 1. The molecule has 0 radical (unpaired) electrons. The van der Waals surface area contributed by atoms with Crippen molar-refractivity contribution in [3.63, 3.8) is 0 Å². The number of aromatic nitrogens is 3. The number of fused-ring (bicyclic) bond motifs is 2. The Hall–Kier alpha value is -3.55. The van der Waals surface area contributed by atoms with E-state index in [1.54, 1.807) is 30.3 Å². The van der Waals surface area contributed by atoms with Gasteiger partial charge in [-0.05, 0) is 24.3 Å². The van der Waals surface area contributed by atoms with Gasteiger partial charge in [0, 0.05) is 12.2 Å². The highest BCUT2D eigenvalue weighted by molar-refractivity contribution is 5.87. The molecular weight excluding hydrogens is 356 g/mol. The first-order valence-corrected chi connectivity index (χ1v) is 8.06. The van der Waals surface area contributed by atoms with Crippen molar-refractivity contribution in [3.8, 4) is 0 Å². The summed E-state index contributed by atoms with van der Waals surface area (Å²) in [5.41, 5.74) is 1.94.